The molecule has 1 atom stereocenters. The average Bonchev–Trinajstić information content (AvgIpc) is 3.30. The summed E-state index contributed by atoms with van der Waals surface area (Å²) >= 11 is 0. The Morgan fingerprint density at radius 3 is 2.41 bits per heavy atom. The van der Waals surface area contributed by atoms with E-state index in [9.17, 15) is 13.6 Å². The van der Waals surface area contributed by atoms with Gasteiger partial charge in [0.2, 0.25) is 0 Å². The predicted molar refractivity (Wildman–Crippen MR) is 115 cm³/mol. The normalized spacial score (nSPS) is 14.4. The standard InChI is InChI=1S/C25H26F2O5/c1-29-22-14-11-18(15-23(22)31-20-5-3-4-6-20)19(16-24(28)30-2)10-7-17-8-12-21(13-9-17)32-25(26)27/h8-9,11-15,19-20,25H,3-6,16H2,1-2H3. The molecular weight excluding hydrogens is 418 g/mol. The Morgan fingerprint density at radius 2 is 1.78 bits per heavy atom. The van der Waals surface area contributed by atoms with Crippen LogP contribution in [0, 0.1) is 11.8 Å². The second-order valence-electron chi connectivity index (χ2n) is 7.44. The summed E-state index contributed by atoms with van der Waals surface area (Å²) in [6, 6.07) is 11.5. The average molecular weight is 444 g/mol. The largest absolute Gasteiger partial charge is 0.493 e. The van der Waals surface area contributed by atoms with Crippen LogP contribution in [-0.2, 0) is 9.53 Å². The summed E-state index contributed by atoms with van der Waals surface area (Å²) in [7, 11) is 2.92. The molecule has 170 valence electrons. The van der Waals surface area contributed by atoms with Gasteiger partial charge in [0.15, 0.2) is 11.5 Å². The lowest BCUT2D eigenvalue weighted by atomic mass is 9.95. The zero-order valence-electron chi connectivity index (χ0n) is 18.1. The molecule has 7 heteroatoms. The monoisotopic (exact) mass is 444 g/mol. The van der Waals surface area contributed by atoms with Gasteiger partial charge in [-0.3, -0.25) is 4.79 Å². The fourth-order valence-corrected chi connectivity index (χ4v) is 3.58. The van der Waals surface area contributed by atoms with E-state index in [1.54, 1.807) is 19.2 Å². The Kier molecular flexibility index (Phi) is 8.32. The molecular formula is C25H26F2O5. The molecule has 0 N–H and O–H groups in total. The Bertz CT molecular complexity index is 957. The van der Waals surface area contributed by atoms with Crippen LogP contribution in [0.5, 0.6) is 17.2 Å². The van der Waals surface area contributed by atoms with Crippen LogP contribution in [-0.4, -0.2) is 32.9 Å². The van der Waals surface area contributed by atoms with E-state index in [1.165, 1.54) is 19.2 Å². The number of hydrogen-bond donors (Lipinski definition) is 0. The van der Waals surface area contributed by atoms with Crippen LogP contribution in [0.4, 0.5) is 8.78 Å². The molecule has 1 aliphatic carbocycles. The minimum absolute atomic E-state index is 0.0560. The van der Waals surface area contributed by atoms with E-state index in [0.29, 0.717) is 17.1 Å². The topological polar surface area (TPSA) is 54.0 Å². The quantitative estimate of drug-likeness (QED) is 0.408. The number of esters is 1. The number of benzene rings is 2. The summed E-state index contributed by atoms with van der Waals surface area (Å²) in [5, 5.41) is 0. The molecule has 1 fully saturated rings. The Labute approximate surface area is 186 Å². The maximum absolute atomic E-state index is 12.3. The summed E-state index contributed by atoms with van der Waals surface area (Å²) in [5.41, 5.74) is 1.41. The van der Waals surface area contributed by atoms with E-state index in [-0.39, 0.29) is 24.2 Å². The highest BCUT2D eigenvalue weighted by Gasteiger charge is 2.21. The Morgan fingerprint density at radius 1 is 1.06 bits per heavy atom. The molecule has 0 amide bonds. The third kappa shape index (κ3) is 6.61. The minimum Gasteiger partial charge on any atom is -0.493 e. The molecule has 1 saturated carbocycles. The van der Waals surface area contributed by atoms with Gasteiger partial charge in [-0.2, -0.15) is 8.78 Å². The first-order valence-corrected chi connectivity index (χ1v) is 10.5. The molecule has 0 aliphatic heterocycles. The van der Waals surface area contributed by atoms with E-state index in [0.717, 1.165) is 31.2 Å². The lowest BCUT2D eigenvalue weighted by Crippen LogP contribution is -2.12. The molecule has 2 aromatic rings. The molecule has 5 nitrogen and oxygen atoms in total. The van der Waals surface area contributed by atoms with Gasteiger partial charge in [0.1, 0.15) is 5.75 Å². The van der Waals surface area contributed by atoms with E-state index < -0.39 is 12.5 Å². The minimum atomic E-state index is -2.88. The SMILES string of the molecule is COC(=O)CC(C#Cc1ccc(OC(F)F)cc1)c1ccc(OC)c(OC2CCCC2)c1. The van der Waals surface area contributed by atoms with Crippen LogP contribution in [0.15, 0.2) is 42.5 Å². The van der Waals surface area contributed by atoms with Gasteiger partial charge in [0.25, 0.3) is 0 Å². The highest BCUT2D eigenvalue weighted by atomic mass is 19.3. The van der Waals surface area contributed by atoms with Gasteiger partial charge in [-0.15, -0.1) is 0 Å². The summed E-state index contributed by atoms with van der Waals surface area (Å²) in [4.78, 5) is 12.0. The molecule has 1 unspecified atom stereocenters. The number of carbonyl (C=O) groups excluding carboxylic acids is 1. The Balaban J connectivity index is 1.85. The van der Waals surface area contributed by atoms with Crippen molar-refractivity contribution in [2.75, 3.05) is 14.2 Å². The van der Waals surface area contributed by atoms with Crippen LogP contribution in [0.3, 0.4) is 0 Å². The van der Waals surface area contributed by atoms with Crippen molar-refractivity contribution in [3.05, 3.63) is 53.6 Å². The smallest absolute Gasteiger partial charge is 0.387 e. The van der Waals surface area contributed by atoms with Crippen molar-refractivity contribution in [1.29, 1.82) is 0 Å². The third-order valence-electron chi connectivity index (χ3n) is 5.25. The molecule has 0 bridgehead atoms. The highest BCUT2D eigenvalue weighted by molar-refractivity contribution is 5.71. The maximum atomic E-state index is 12.3. The van der Waals surface area contributed by atoms with E-state index in [2.05, 4.69) is 16.6 Å². The second-order valence-corrected chi connectivity index (χ2v) is 7.44. The maximum Gasteiger partial charge on any atom is 0.387 e. The van der Waals surface area contributed by atoms with Gasteiger partial charge in [0, 0.05) is 5.56 Å². The van der Waals surface area contributed by atoms with Crippen molar-refractivity contribution in [3.8, 4) is 29.1 Å². The van der Waals surface area contributed by atoms with Crippen molar-refractivity contribution in [2.45, 2.75) is 50.7 Å². The summed E-state index contributed by atoms with van der Waals surface area (Å²) in [6.07, 6.45) is 4.51. The first-order chi connectivity index (χ1) is 15.5. The van der Waals surface area contributed by atoms with Crippen LogP contribution < -0.4 is 14.2 Å². The second kappa shape index (κ2) is 11.4. The fraction of sp³-hybridized carbons (Fsp3) is 0.400. The first kappa shape index (κ1) is 23.4. The number of methoxy groups -OCH3 is 2. The van der Waals surface area contributed by atoms with Gasteiger partial charge in [-0.25, -0.2) is 0 Å². The lowest BCUT2D eigenvalue weighted by molar-refractivity contribution is -0.140. The zero-order chi connectivity index (χ0) is 22.9. The van der Waals surface area contributed by atoms with Gasteiger partial charge >= 0.3 is 12.6 Å². The van der Waals surface area contributed by atoms with Gasteiger partial charge in [-0.1, -0.05) is 17.9 Å². The van der Waals surface area contributed by atoms with Crippen LogP contribution in [0.25, 0.3) is 0 Å². The third-order valence-corrected chi connectivity index (χ3v) is 5.25. The van der Waals surface area contributed by atoms with Gasteiger partial charge < -0.3 is 18.9 Å². The highest BCUT2D eigenvalue weighted by Crippen LogP contribution is 2.35. The van der Waals surface area contributed by atoms with Crippen LogP contribution in [0.1, 0.15) is 49.1 Å². The lowest BCUT2D eigenvalue weighted by Gasteiger charge is -2.18. The van der Waals surface area contributed by atoms with Crippen LogP contribution >= 0.6 is 0 Å². The van der Waals surface area contributed by atoms with Crippen molar-refractivity contribution in [1.82, 2.24) is 0 Å². The number of halogens is 2. The molecule has 0 aromatic heterocycles. The van der Waals surface area contributed by atoms with Gasteiger partial charge in [-0.05, 0) is 67.6 Å². The van der Waals surface area contributed by atoms with Crippen molar-refractivity contribution >= 4 is 5.97 Å². The zero-order valence-corrected chi connectivity index (χ0v) is 18.1. The molecule has 0 saturated heterocycles. The molecule has 2 aromatic carbocycles. The number of alkyl halides is 2. The van der Waals surface area contributed by atoms with Crippen LogP contribution in [0.2, 0.25) is 0 Å². The molecule has 0 heterocycles. The number of ether oxygens (including phenoxy) is 4. The molecule has 0 spiro atoms. The number of hydrogen-bond acceptors (Lipinski definition) is 5. The summed E-state index contributed by atoms with van der Waals surface area (Å²) < 4.78 is 45.4. The molecule has 0 radical (unpaired) electrons. The van der Waals surface area contributed by atoms with Crippen molar-refractivity contribution in [3.63, 3.8) is 0 Å². The Hall–Kier alpha value is -3.27. The number of rotatable bonds is 8. The van der Waals surface area contributed by atoms with E-state index in [1.807, 2.05) is 18.2 Å². The van der Waals surface area contributed by atoms with E-state index >= 15 is 0 Å². The summed E-state index contributed by atoms with van der Waals surface area (Å²) in [5.74, 6) is 6.57. The molecule has 32 heavy (non-hydrogen) atoms. The van der Waals surface area contributed by atoms with Crippen molar-refractivity contribution in [2.24, 2.45) is 0 Å². The van der Waals surface area contributed by atoms with E-state index in [4.69, 9.17) is 14.2 Å². The summed E-state index contributed by atoms with van der Waals surface area (Å²) in [6.45, 7) is -2.88. The first-order valence-electron chi connectivity index (χ1n) is 10.5. The van der Waals surface area contributed by atoms with Crippen molar-refractivity contribution < 1.29 is 32.5 Å². The predicted octanol–water partition coefficient (Wildman–Crippen LogP) is 5.32. The molecule has 3 rings (SSSR count). The molecule has 1 aliphatic rings. The fourth-order valence-electron chi connectivity index (χ4n) is 3.58. The number of carbonyl (C=O) groups is 1. The van der Waals surface area contributed by atoms with Gasteiger partial charge in [0.05, 0.1) is 32.7 Å².